The van der Waals surface area contributed by atoms with Crippen LogP contribution in [-0.2, 0) is 20.7 Å². The van der Waals surface area contributed by atoms with E-state index in [4.69, 9.17) is 9.47 Å². The second kappa shape index (κ2) is 5.98. The van der Waals surface area contributed by atoms with Gasteiger partial charge in [-0.25, -0.2) is 0 Å². The molecular weight excluding hydrogens is 342 g/mol. The molecule has 0 spiro atoms. The molecule has 0 saturated heterocycles. The maximum atomic E-state index is 11.8. The van der Waals surface area contributed by atoms with E-state index in [1.807, 2.05) is 6.07 Å². The van der Waals surface area contributed by atoms with Crippen LogP contribution in [0, 0.1) is 17.3 Å². The molecule has 5 rings (SSSR count). The first kappa shape index (κ1) is 17.1. The van der Waals surface area contributed by atoms with Crippen LogP contribution >= 0.6 is 0 Å². The molecule has 1 amide bonds. The summed E-state index contributed by atoms with van der Waals surface area (Å²) in [5.41, 5.74) is 3.68. The highest BCUT2D eigenvalue weighted by molar-refractivity contribution is 5.96. The topological polar surface area (TPSA) is 64.6 Å². The maximum absolute atomic E-state index is 11.8. The highest BCUT2D eigenvalue weighted by Gasteiger charge is 2.56. The van der Waals surface area contributed by atoms with E-state index in [1.54, 1.807) is 0 Å². The van der Waals surface area contributed by atoms with Crippen molar-refractivity contribution in [3.8, 4) is 5.75 Å². The van der Waals surface area contributed by atoms with E-state index < -0.39 is 0 Å². The molecule has 0 radical (unpaired) electrons. The van der Waals surface area contributed by atoms with Crippen molar-refractivity contribution in [2.75, 3.05) is 11.9 Å². The van der Waals surface area contributed by atoms with Crippen molar-refractivity contribution in [3.63, 3.8) is 0 Å². The molecule has 0 aromatic heterocycles. The van der Waals surface area contributed by atoms with Crippen LogP contribution in [0.3, 0.4) is 0 Å². The van der Waals surface area contributed by atoms with Gasteiger partial charge in [-0.3, -0.25) is 9.59 Å². The summed E-state index contributed by atoms with van der Waals surface area (Å²) in [7, 11) is 0. The minimum Gasteiger partial charge on any atom is -0.482 e. The number of esters is 1. The number of amides is 1. The van der Waals surface area contributed by atoms with E-state index in [0.717, 1.165) is 50.0 Å². The molecule has 27 heavy (non-hydrogen) atoms. The van der Waals surface area contributed by atoms with Gasteiger partial charge in [0.25, 0.3) is 5.91 Å². The summed E-state index contributed by atoms with van der Waals surface area (Å²) < 4.78 is 11.3. The average Bonchev–Trinajstić information content (AvgIpc) is 2.97. The molecule has 4 aliphatic rings. The quantitative estimate of drug-likeness (QED) is 0.765. The predicted molar refractivity (Wildman–Crippen MR) is 101 cm³/mol. The normalized spacial score (nSPS) is 36.4. The van der Waals surface area contributed by atoms with Gasteiger partial charge in [-0.1, -0.05) is 13.0 Å². The number of anilines is 1. The van der Waals surface area contributed by atoms with Crippen LogP contribution in [0.1, 0.15) is 63.0 Å². The molecular formula is C22H27NO4. The Kier molecular flexibility index (Phi) is 3.78. The number of fused-ring (bicyclic) bond motifs is 7. The fourth-order valence-corrected chi connectivity index (χ4v) is 6.57. The number of hydrogen-bond donors (Lipinski definition) is 1. The molecule has 2 fully saturated rings. The number of carbonyl (C=O) groups is 2. The Balaban J connectivity index is 1.47. The second-order valence-electron chi connectivity index (χ2n) is 8.98. The summed E-state index contributed by atoms with van der Waals surface area (Å²) in [5.74, 6) is 2.37. The van der Waals surface area contributed by atoms with Crippen LogP contribution in [-0.4, -0.2) is 24.6 Å². The number of ether oxygens (including phenoxy) is 2. The molecule has 5 heteroatoms. The maximum Gasteiger partial charge on any atom is 0.302 e. The fraction of sp³-hybridized carbons (Fsp3) is 0.636. The van der Waals surface area contributed by atoms with Crippen molar-refractivity contribution >= 4 is 17.6 Å². The Bertz CT molecular complexity index is 819. The van der Waals surface area contributed by atoms with Gasteiger partial charge in [0.2, 0.25) is 0 Å². The van der Waals surface area contributed by atoms with Crippen molar-refractivity contribution in [1.82, 2.24) is 0 Å². The standard InChI is InChI=1S/C22H27NO4/c1-12(24)27-19-8-6-17-15-3-4-16-13(14(15)9-10-22(17,19)2)5-7-18-21(16)23-20(25)11-26-18/h5,7,14-15,17,19H,3-4,6,8-11H2,1-2H3,(H,23,25)/t14-,15-,17+,19+,22+/m1/s1. The van der Waals surface area contributed by atoms with Crippen molar-refractivity contribution in [2.45, 2.75) is 64.4 Å². The average molecular weight is 369 g/mol. The first-order valence-electron chi connectivity index (χ1n) is 10.2. The first-order chi connectivity index (χ1) is 13.0. The molecule has 1 heterocycles. The molecule has 5 nitrogen and oxygen atoms in total. The summed E-state index contributed by atoms with van der Waals surface area (Å²) in [6.45, 7) is 3.97. The van der Waals surface area contributed by atoms with E-state index in [1.165, 1.54) is 18.1 Å². The van der Waals surface area contributed by atoms with Gasteiger partial charge in [-0.05, 0) is 73.5 Å². The number of hydrogen-bond acceptors (Lipinski definition) is 4. The zero-order chi connectivity index (χ0) is 18.8. The van der Waals surface area contributed by atoms with Crippen LogP contribution < -0.4 is 10.1 Å². The largest absolute Gasteiger partial charge is 0.482 e. The minimum atomic E-state index is -0.152. The lowest BCUT2D eigenvalue weighted by Crippen LogP contribution is -2.45. The van der Waals surface area contributed by atoms with E-state index in [0.29, 0.717) is 17.8 Å². The van der Waals surface area contributed by atoms with Gasteiger partial charge in [0.15, 0.2) is 6.61 Å². The lowest BCUT2D eigenvalue weighted by molar-refractivity contribution is -0.154. The Labute approximate surface area is 159 Å². The van der Waals surface area contributed by atoms with Gasteiger partial charge in [0, 0.05) is 12.3 Å². The smallest absolute Gasteiger partial charge is 0.302 e. The van der Waals surface area contributed by atoms with Crippen LogP contribution in [0.2, 0.25) is 0 Å². The molecule has 1 N–H and O–H groups in total. The van der Waals surface area contributed by atoms with E-state index in [-0.39, 0.29) is 30.0 Å². The molecule has 1 aromatic rings. The molecule has 1 aliphatic heterocycles. The van der Waals surface area contributed by atoms with Gasteiger partial charge < -0.3 is 14.8 Å². The first-order valence-corrected chi connectivity index (χ1v) is 10.2. The molecule has 0 bridgehead atoms. The molecule has 2 saturated carbocycles. The van der Waals surface area contributed by atoms with E-state index in [2.05, 4.69) is 18.3 Å². The Morgan fingerprint density at radius 3 is 2.93 bits per heavy atom. The SMILES string of the molecule is CC(=O)O[C@H]1CC[C@H]2[C@@H]3CCc4c(ccc5c4NC(=O)CO5)[C@H]3CC[C@]12C. The number of benzene rings is 1. The summed E-state index contributed by atoms with van der Waals surface area (Å²) >= 11 is 0. The monoisotopic (exact) mass is 369 g/mol. The highest BCUT2D eigenvalue weighted by Crippen LogP contribution is 2.62. The summed E-state index contributed by atoms with van der Waals surface area (Å²) in [4.78, 5) is 23.4. The second-order valence-corrected chi connectivity index (χ2v) is 8.98. The van der Waals surface area contributed by atoms with Gasteiger partial charge in [-0.15, -0.1) is 0 Å². The number of nitrogens with one attached hydrogen (secondary N) is 1. The van der Waals surface area contributed by atoms with Crippen molar-refractivity contribution in [3.05, 3.63) is 23.3 Å². The molecule has 0 unspecified atom stereocenters. The third-order valence-corrected chi connectivity index (χ3v) is 7.72. The zero-order valence-electron chi connectivity index (χ0n) is 16.0. The molecule has 3 aliphatic carbocycles. The Morgan fingerprint density at radius 2 is 2.11 bits per heavy atom. The predicted octanol–water partition coefficient (Wildman–Crippen LogP) is 3.81. The van der Waals surface area contributed by atoms with Gasteiger partial charge in [0.05, 0.1) is 5.69 Å². The van der Waals surface area contributed by atoms with Crippen molar-refractivity contribution in [1.29, 1.82) is 0 Å². The Morgan fingerprint density at radius 1 is 1.26 bits per heavy atom. The summed E-state index contributed by atoms with van der Waals surface area (Å²) in [6.07, 6.45) is 6.54. The third kappa shape index (κ3) is 2.50. The Hall–Kier alpha value is -2.04. The van der Waals surface area contributed by atoms with Gasteiger partial charge in [-0.2, -0.15) is 0 Å². The lowest BCUT2D eigenvalue weighted by Gasteiger charge is -2.50. The fourth-order valence-electron chi connectivity index (χ4n) is 6.57. The van der Waals surface area contributed by atoms with Crippen molar-refractivity contribution < 1.29 is 19.1 Å². The van der Waals surface area contributed by atoms with E-state index >= 15 is 0 Å². The van der Waals surface area contributed by atoms with Crippen molar-refractivity contribution in [2.24, 2.45) is 17.3 Å². The van der Waals surface area contributed by atoms with Gasteiger partial charge >= 0.3 is 5.97 Å². The molecule has 1 aromatic carbocycles. The highest BCUT2D eigenvalue weighted by atomic mass is 16.5. The third-order valence-electron chi connectivity index (χ3n) is 7.72. The molecule has 5 atom stereocenters. The van der Waals surface area contributed by atoms with Crippen LogP contribution in [0.5, 0.6) is 5.75 Å². The molecule has 144 valence electrons. The minimum absolute atomic E-state index is 0.0609. The summed E-state index contributed by atoms with van der Waals surface area (Å²) in [5, 5.41) is 3.04. The lowest BCUT2D eigenvalue weighted by atomic mass is 9.55. The van der Waals surface area contributed by atoms with Crippen LogP contribution in [0.15, 0.2) is 12.1 Å². The number of carbonyl (C=O) groups excluding carboxylic acids is 2. The van der Waals surface area contributed by atoms with E-state index in [9.17, 15) is 9.59 Å². The zero-order valence-corrected chi connectivity index (χ0v) is 16.0. The van der Waals surface area contributed by atoms with Crippen LogP contribution in [0.4, 0.5) is 5.69 Å². The van der Waals surface area contributed by atoms with Crippen LogP contribution in [0.25, 0.3) is 0 Å². The van der Waals surface area contributed by atoms with Gasteiger partial charge in [0.1, 0.15) is 11.9 Å². The summed E-state index contributed by atoms with van der Waals surface area (Å²) in [6, 6.07) is 4.25. The number of rotatable bonds is 1.